The van der Waals surface area contributed by atoms with Gasteiger partial charge in [0.1, 0.15) is 46.0 Å². The fourth-order valence-corrected chi connectivity index (χ4v) is 3.86. The van der Waals surface area contributed by atoms with E-state index in [-0.39, 0.29) is 22.3 Å². The summed E-state index contributed by atoms with van der Waals surface area (Å²) >= 11 is 12.0. The minimum absolute atomic E-state index is 0.0269. The molecule has 0 amide bonds. The molecule has 0 saturated heterocycles. The van der Waals surface area contributed by atoms with E-state index in [1.54, 1.807) is 13.8 Å². The zero-order chi connectivity index (χ0) is 28.9. The van der Waals surface area contributed by atoms with E-state index in [2.05, 4.69) is 15.0 Å². The van der Waals surface area contributed by atoms with Crippen molar-refractivity contribution in [2.24, 2.45) is 0 Å². The summed E-state index contributed by atoms with van der Waals surface area (Å²) in [4.78, 5) is 38.3. The number of aliphatic hydroxyl groups is 1. The number of halogens is 3. The topological polar surface area (TPSA) is 112 Å². The highest BCUT2D eigenvalue weighted by atomic mass is 35.5. The van der Waals surface area contributed by atoms with Gasteiger partial charge in [-0.15, -0.1) is 0 Å². The molecule has 0 spiro atoms. The Balaban J connectivity index is 1.81. The van der Waals surface area contributed by atoms with Gasteiger partial charge in [0, 0.05) is 42.6 Å². The quantitative estimate of drug-likeness (QED) is 0.387. The van der Waals surface area contributed by atoms with E-state index in [4.69, 9.17) is 30.7 Å². The third-order valence-corrected chi connectivity index (χ3v) is 5.89. The Morgan fingerprint density at radius 2 is 1.84 bits per heavy atom. The maximum absolute atomic E-state index is 14.3. The zero-order valence-electron chi connectivity index (χ0n) is 22.1. The van der Waals surface area contributed by atoms with E-state index in [1.165, 1.54) is 53.7 Å². The van der Waals surface area contributed by atoms with Crippen LogP contribution in [0.25, 0.3) is 11.5 Å². The molecule has 9 nitrogen and oxygen atoms in total. The summed E-state index contributed by atoms with van der Waals surface area (Å²) in [5.41, 5.74) is -2.44. The number of ether oxygens (including phenoxy) is 1. The third-order valence-electron chi connectivity index (χ3n) is 5.33. The molecule has 4 aromatic rings. The molecule has 0 unspecified atom stereocenters. The zero-order valence-corrected chi connectivity index (χ0v) is 21.6. The van der Waals surface area contributed by atoms with Crippen molar-refractivity contribution in [2.75, 3.05) is 0 Å². The highest BCUT2D eigenvalue weighted by Crippen LogP contribution is 2.26. The van der Waals surface area contributed by atoms with Crippen LogP contribution in [-0.2, 0) is 12.2 Å². The molecular weight excluding hydrogens is 524 g/mol. The summed E-state index contributed by atoms with van der Waals surface area (Å²) in [5, 5.41) is 9.81. The maximum Gasteiger partial charge on any atom is 0.280 e. The molecule has 4 rings (SSSR count). The molecule has 37 heavy (non-hydrogen) atoms. The van der Waals surface area contributed by atoms with Gasteiger partial charge in [-0.05, 0) is 39.3 Å². The van der Waals surface area contributed by atoms with E-state index in [9.17, 15) is 19.1 Å². The molecule has 0 radical (unpaired) electrons. The Kier molecular flexibility index (Phi) is 6.45. The van der Waals surface area contributed by atoms with Crippen molar-refractivity contribution in [1.82, 2.24) is 24.1 Å². The van der Waals surface area contributed by atoms with Crippen molar-refractivity contribution < 1.29 is 17.0 Å². The van der Waals surface area contributed by atoms with E-state index >= 15 is 0 Å². The Morgan fingerprint density at radius 1 is 1.11 bits per heavy atom. The summed E-state index contributed by atoms with van der Waals surface area (Å²) in [6.45, 7) is 3.34. The van der Waals surface area contributed by atoms with Crippen LogP contribution in [0, 0.1) is 19.7 Å². The predicted octanol–water partition coefficient (Wildman–Crippen LogP) is 4.04. The summed E-state index contributed by atoms with van der Waals surface area (Å²) in [6, 6.07) is 3.70. The van der Waals surface area contributed by atoms with Crippen LogP contribution in [0.15, 0.2) is 52.6 Å². The number of hydrogen-bond acceptors (Lipinski definition) is 7. The monoisotopic (exact) mass is 547 g/mol. The first-order valence-electron chi connectivity index (χ1n) is 11.8. The van der Waals surface area contributed by atoms with Crippen LogP contribution in [0.5, 0.6) is 5.75 Å². The summed E-state index contributed by atoms with van der Waals surface area (Å²) in [6.07, 6.45) is 5.25. The van der Waals surface area contributed by atoms with Gasteiger partial charge in [-0.3, -0.25) is 28.7 Å². The molecule has 1 N–H and O–H groups in total. The van der Waals surface area contributed by atoms with Gasteiger partial charge in [0.2, 0.25) is 0 Å². The van der Waals surface area contributed by atoms with Crippen LogP contribution in [0.4, 0.5) is 4.39 Å². The Bertz CT molecular complexity index is 1720. The molecule has 0 aliphatic heterocycles. The molecule has 0 atom stereocenters. The number of aryl methyl sites for hydroxylation is 2. The number of pyridine rings is 3. The molecule has 0 fully saturated rings. The molecule has 0 aliphatic carbocycles. The molecular formula is C25H22Cl2FN5O4. The van der Waals surface area contributed by atoms with Crippen LogP contribution >= 0.6 is 23.2 Å². The third kappa shape index (κ3) is 5.27. The molecule has 192 valence electrons. The lowest BCUT2D eigenvalue weighted by Crippen LogP contribution is -2.33. The molecule has 0 bridgehead atoms. The van der Waals surface area contributed by atoms with Gasteiger partial charge in [-0.2, -0.15) is 0 Å². The first-order chi connectivity index (χ1) is 18.1. The van der Waals surface area contributed by atoms with Gasteiger partial charge in [-0.1, -0.05) is 23.2 Å². The average Bonchev–Trinajstić information content (AvgIpc) is 2.82. The van der Waals surface area contributed by atoms with Gasteiger partial charge in [0.05, 0.1) is 13.5 Å². The lowest BCUT2D eigenvalue weighted by atomic mass is 10.1. The van der Waals surface area contributed by atoms with Crippen molar-refractivity contribution in [3.8, 4) is 17.3 Å². The maximum atomic E-state index is 14.3. The SMILES string of the molecule is [2H]C([2H])(Oc1cc(C)n(-c2cc(-n3ccnc(C(C)(C)O)c3=O)ncc2C)c(=O)c1Cl)c1ncc(Cl)cc1F. The minimum Gasteiger partial charge on any atom is -0.485 e. The van der Waals surface area contributed by atoms with Crippen molar-refractivity contribution in [1.29, 1.82) is 0 Å². The average molecular weight is 548 g/mol. The van der Waals surface area contributed by atoms with Gasteiger partial charge < -0.3 is 9.84 Å². The second-order valence-corrected chi connectivity index (χ2v) is 9.45. The van der Waals surface area contributed by atoms with Gasteiger partial charge in [0.15, 0.2) is 0 Å². The van der Waals surface area contributed by atoms with Crippen molar-refractivity contribution >= 4 is 23.2 Å². The number of rotatable bonds is 6. The first kappa shape index (κ1) is 23.8. The second kappa shape index (κ2) is 10.0. The van der Waals surface area contributed by atoms with Crippen molar-refractivity contribution in [3.05, 3.63) is 102 Å². The largest absolute Gasteiger partial charge is 0.485 e. The lowest BCUT2D eigenvalue weighted by molar-refractivity contribution is 0.0718. The predicted molar refractivity (Wildman–Crippen MR) is 136 cm³/mol. The van der Waals surface area contributed by atoms with Crippen LogP contribution in [0.3, 0.4) is 0 Å². The number of hydrogen-bond donors (Lipinski definition) is 1. The fraction of sp³-hybridized carbons (Fsp3) is 0.240. The molecule has 12 heteroatoms. The Morgan fingerprint density at radius 3 is 2.51 bits per heavy atom. The number of nitrogens with zero attached hydrogens (tertiary/aromatic N) is 5. The fourth-order valence-electron chi connectivity index (χ4n) is 3.53. The highest BCUT2D eigenvalue weighted by molar-refractivity contribution is 6.31. The van der Waals surface area contributed by atoms with Crippen molar-refractivity contribution in [3.63, 3.8) is 0 Å². The van der Waals surface area contributed by atoms with E-state index in [1.807, 2.05) is 0 Å². The molecule has 4 aromatic heterocycles. The van der Waals surface area contributed by atoms with Gasteiger partial charge in [-0.25, -0.2) is 9.37 Å². The summed E-state index contributed by atoms with van der Waals surface area (Å²) in [5.74, 6) is -1.21. The Hall–Kier alpha value is -3.60. The Labute approximate surface area is 223 Å². The van der Waals surface area contributed by atoms with Crippen LogP contribution in [-0.4, -0.2) is 29.2 Å². The highest BCUT2D eigenvalue weighted by Gasteiger charge is 2.24. The molecule has 4 heterocycles. The summed E-state index contributed by atoms with van der Waals surface area (Å²) < 4.78 is 38.4. The minimum atomic E-state index is -2.79. The van der Waals surface area contributed by atoms with E-state index in [0.717, 1.165) is 12.3 Å². The van der Waals surface area contributed by atoms with Crippen LogP contribution in [0.2, 0.25) is 10.0 Å². The van der Waals surface area contributed by atoms with E-state index in [0.29, 0.717) is 16.9 Å². The van der Waals surface area contributed by atoms with Crippen LogP contribution < -0.4 is 15.9 Å². The first-order valence-corrected chi connectivity index (χ1v) is 11.6. The molecule has 0 saturated carbocycles. The van der Waals surface area contributed by atoms with Crippen molar-refractivity contribution in [2.45, 2.75) is 39.9 Å². The number of aromatic nitrogens is 5. The summed E-state index contributed by atoms with van der Waals surface area (Å²) in [7, 11) is 0. The standard InChI is InChI=1S/C25H22Cl2FN5O4/c1-13-10-31-20(32-6-5-29-22(24(32)35)25(3,4)36)9-18(13)33-14(2)7-19(21(27)23(33)34)37-12-17-16(28)8-15(26)11-30-17/h5-11,36H,12H2,1-4H3/i12D2. The van der Waals surface area contributed by atoms with Gasteiger partial charge in [0.25, 0.3) is 11.1 Å². The molecule has 0 aliphatic rings. The van der Waals surface area contributed by atoms with E-state index < -0.39 is 39.8 Å². The van der Waals surface area contributed by atoms with Crippen LogP contribution in [0.1, 0.15) is 39.2 Å². The van der Waals surface area contributed by atoms with Gasteiger partial charge >= 0.3 is 0 Å². The normalized spacial score (nSPS) is 12.8. The second-order valence-electron chi connectivity index (χ2n) is 8.63. The smallest absolute Gasteiger partial charge is 0.280 e. The lowest BCUT2D eigenvalue weighted by Gasteiger charge is -2.18. The molecule has 0 aromatic carbocycles.